The molecule has 0 amide bonds. The van der Waals surface area contributed by atoms with Gasteiger partial charge in [-0.1, -0.05) is 6.92 Å². The van der Waals surface area contributed by atoms with Crippen LogP contribution < -0.4 is 5.73 Å². The van der Waals surface area contributed by atoms with Gasteiger partial charge < -0.3 is 5.73 Å². The Morgan fingerprint density at radius 2 is 1.83 bits per heavy atom. The molecule has 1 aromatic rings. The molecule has 1 rings (SSSR count). The maximum absolute atomic E-state index is 5.77. The van der Waals surface area contributed by atoms with Crippen LogP contribution in [0, 0.1) is 0 Å². The molecule has 0 unspecified atom stereocenters. The van der Waals surface area contributed by atoms with Crippen LogP contribution in [0.3, 0.4) is 0 Å². The van der Waals surface area contributed by atoms with E-state index in [2.05, 4.69) is 11.9 Å². The predicted octanol–water partition coefficient (Wildman–Crippen LogP) is 2.34. The molecule has 0 aliphatic carbocycles. The molecule has 0 aliphatic rings. The normalized spacial score (nSPS) is 10.8. The maximum Gasteiger partial charge on any atom is 0.0293 e. The number of halogens is 2. The number of pyridine rings is 1. The summed E-state index contributed by atoms with van der Waals surface area (Å²) in [5.41, 5.74) is 6.93. The Kier molecular flexibility index (Phi) is 8.71. The van der Waals surface area contributed by atoms with Crippen molar-refractivity contribution in [3.05, 3.63) is 30.1 Å². The fraction of sp³-hybridized carbons (Fsp3) is 0.375. The van der Waals surface area contributed by atoms with Gasteiger partial charge in [-0.3, -0.25) is 4.98 Å². The first-order valence-electron chi connectivity index (χ1n) is 3.50. The summed E-state index contributed by atoms with van der Waals surface area (Å²) in [7, 11) is 0. The van der Waals surface area contributed by atoms with Crippen molar-refractivity contribution in [1.29, 1.82) is 0 Å². The second-order valence-electron chi connectivity index (χ2n) is 2.30. The van der Waals surface area contributed by atoms with Crippen molar-refractivity contribution >= 4 is 24.8 Å². The molecule has 70 valence electrons. The standard InChI is InChI=1S/C8H12N2.2ClH/c1-2-8(9)7-3-5-10-6-4-7;;/h3-6,8H,2,9H2,1H3;2*1H/t8-;;/m1../s1. The smallest absolute Gasteiger partial charge is 0.0293 e. The molecular weight excluding hydrogens is 195 g/mol. The van der Waals surface area contributed by atoms with Gasteiger partial charge in [0.1, 0.15) is 0 Å². The van der Waals surface area contributed by atoms with Gasteiger partial charge in [0, 0.05) is 18.4 Å². The highest BCUT2D eigenvalue weighted by molar-refractivity contribution is 5.85. The molecular formula is C8H14Cl2N2. The van der Waals surface area contributed by atoms with Crippen LogP contribution in [-0.2, 0) is 0 Å². The molecule has 0 fully saturated rings. The van der Waals surface area contributed by atoms with Crippen molar-refractivity contribution in [3.8, 4) is 0 Å². The lowest BCUT2D eigenvalue weighted by molar-refractivity contribution is 0.697. The van der Waals surface area contributed by atoms with E-state index in [0.717, 1.165) is 12.0 Å². The van der Waals surface area contributed by atoms with E-state index in [4.69, 9.17) is 5.73 Å². The summed E-state index contributed by atoms with van der Waals surface area (Å²) >= 11 is 0. The van der Waals surface area contributed by atoms with E-state index in [9.17, 15) is 0 Å². The van der Waals surface area contributed by atoms with Gasteiger partial charge in [-0.15, -0.1) is 24.8 Å². The van der Waals surface area contributed by atoms with Crippen LogP contribution in [0.2, 0.25) is 0 Å². The molecule has 1 heterocycles. The molecule has 0 bridgehead atoms. The largest absolute Gasteiger partial charge is 0.324 e. The highest BCUT2D eigenvalue weighted by Crippen LogP contribution is 2.10. The van der Waals surface area contributed by atoms with E-state index in [-0.39, 0.29) is 30.9 Å². The topological polar surface area (TPSA) is 38.9 Å². The zero-order chi connectivity index (χ0) is 7.40. The molecule has 2 nitrogen and oxygen atoms in total. The summed E-state index contributed by atoms with van der Waals surface area (Å²) in [5.74, 6) is 0. The van der Waals surface area contributed by atoms with Crippen molar-refractivity contribution in [3.63, 3.8) is 0 Å². The van der Waals surface area contributed by atoms with Gasteiger partial charge in [-0.2, -0.15) is 0 Å². The lowest BCUT2D eigenvalue weighted by Gasteiger charge is -2.06. The second-order valence-corrected chi connectivity index (χ2v) is 2.30. The average Bonchev–Trinajstić information content (AvgIpc) is 2.05. The molecule has 0 aromatic carbocycles. The zero-order valence-corrected chi connectivity index (χ0v) is 8.57. The molecule has 0 spiro atoms. The molecule has 1 atom stereocenters. The van der Waals surface area contributed by atoms with E-state index in [1.54, 1.807) is 12.4 Å². The van der Waals surface area contributed by atoms with Gasteiger partial charge in [-0.25, -0.2) is 0 Å². The Hall–Kier alpha value is -0.310. The van der Waals surface area contributed by atoms with Gasteiger partial charge in [0.2, 0.25) is 0 Å². The SMILES string of the molecule is CC[C@@H](N)c1ccncc1.Cl.Cl. The van der Waals surface area contributed by atoms with Gasteiger partial charge in [0.25, 0.3) is 0 Å². The summed E-state index contributed by atoms with van der Waals surface area (Å²) in [5, 5.41) is 0. The second kappa shape index (κ2) is 7.35. The van der Waals surface area contributed by atoms with Crippen LogP contribution in [0.1, 0.15) is 24.9 Å². The van der Waals surface area contributed by atoms with Crippen LogP contribution in [0.15, 0.2) is 24.5 Å². The highest BCUT2D eigenvalue weighted by atomic mass is 35.5. The minimum Gasteiger partial charge on any atom is -0.324 e. The Balaban J connectivity index is 0. The summed E-state index contributed by atoms with van der Waals surface area (Å²) in [6, 6.07) is 4.07. The summed E-state index contributed by atoms with van der Waals surface area (Å²) in [4.78, 5) is 3.91. The zero-order valence-electron chi connectivity index (χ0n) is 6.93. The van der Waals surface area contributed by atoms with E-state index in [0.29, 0.717) is 0 Å². The number of aromatic nitrogens is 1. The van der Waals surface area contributed by atoms with Crippen LogP contribution >= 0.6 is 24.8 Å². The predicted molar refractivity (Wildman–Crippen MR) is 56.0 cm³/mol. The quantitative estimate of drug-likeness (QED) is 0.811. The molecule has 0 saturated heterocycles. The number of hydrogen-bond acceptors (Lipinski definition) is 2. The Bertz CT molecular complexity index is 192. The third-order valence-electron chi connectivity index (χ3n) is 1.57. The van der Waals surface area contributed by atoms with Crippen molar-refractivity contribution in [1.82, 2.24) is 4.98 Å². The number of nitrogens with two attached hydrogens (primary N) is 1. The maximum atomic E-state index is 5.77. The number of hydrogen-bond donors (Lipinski definition) is 1. The van der Waals surface area contributed by atoms with E-state index in [1.807, 2.05) is 12.1 Å². The Labute approximate surface area is 85.4 Å². The molecule has 4 heteroatoms. The summed E-state index contributed by atoms with van der Waals surface area (Å²) in [6.45, 7) is 2.07. The molecule has 0 radical (unpaired) electrons. The molecule has 0 saturated carbocycles. The fourth-order valence-corrected chi connectivity index (χ4v) is 0.846. The van der Waals surface area contributed by atoms with Gasteiger partial charge in [0.05, 0.1) is 0 Å². The number of rotatable bonds is 2. The lowest BCUT2D eigenvalue weighted by atomic mass is 10.1. The van der Waals surface area contributed by atoms with Gasteiger partial charge in [0.15, 0.2) is 0 Å². The molecule has 12 heavy (non-hydrogen) atoms. The van der Waals surface area contributed by atoms with Crippen LogP contribution in [0.5, 0.6) is 0 Å². The van der Waals surface area contributed by atoms with Crippen LogP contribution in [0.4, 0.5) is 0 Å². The first-order valence-corrected chi connectivity index (χ1v) is 3.50. The van der Waals surface area contributed by atoms with Crippen LogP contribution in [-0.4, -0.2) is 4.98 Å². The Morgan fingerprint density at radius 1 is 1.33 bits per heavy atom. The van der Waals surface area contributed by atoms with Crippen molar-refractivity contribution in [2.24, 2.45) is 5.73 Å². The van der Waals surface area contributed by atoms with Crippen molar-refractivity contribution in [2.45, 2.75) is 19.4 Å². The van der Waals surface area contributed by atoms with E-state index < -0.39 is 0 Å². The first kappa shape index (κ1) is 14.2. The molecule has 2 N–H and O–H groups in total. The highest BCUT2D eigenvalue weighted by Gasteiger charge is 1.99. The minimum absolute atomic E-state index is 0. The van der Waals surface area contributed by atoms with E-state index in [1.165, 1.54) is 0 Å². The van der Waals surface area contributed by atoms with Gasteiger partial charge in [-0.05, 0) is 24.1 Å². The molecule has 0 aliphatic heterocycles. The van der Waals surface area contributed by atoms with Crippen molar-refractivity contribution in [2.75, 3.05) is 0 Å². The Morgan fingerprint density at radius 3 is 2.25 bits per heavy atom. The summed E-state index contributed by atoms with van der Waals surface area (Å²) in [6.07, 6.45) is 4.51. The lowest BCUT2D eigenvalue weighted by Crippen LogP contribution is -2.07. The number of nitrogens with zero attached hydrogens (tertiary/aromatic N) is 1. The average molecular weight is 209 g/mol. The van der Waals surface area contributed by atoms with Gasteiger partial charge >= 0.3 is 0 Å². The third kappa shape index (κ3) is 3.90. The summed E-state index contributed by atoms with van der Waals surface area (Å²) < 4.78 is 0. The van der Waals surface area contributed by atoms with E-state index >= 15 is 0 Å². The van der Waals surface area contributed by atoms with Crippen molar-refractivity contribution < 1.29 is 0 Å². The fourth-order valence-electron chi connectivity index (χ4n) is 0.846. The minimum atomic E-state index is 0. The molecule has 1 aromatic heterocycles. The first-order chi connectivity index (χ1) is 4.84. The third-order valence-corrected chi connectivity index (χ3v) is 1.57. The van der Waals surface area contributed by atoms with Crippen LogP contribution in [0.25, 0.3) is 0 Å². The monoisotopic (exact) mass is 208 g/mol.